The summed E-state index contributed by atoms with van der Waals surface area (Å²) in [5.74, 6) is -1.20. The summed E-state index contributed by atoms with van der Waals surface area (Å²) in [5.41, 5.74) is 1.44. The first-order chi connectivity index (χ1) is 10.7. The number of rotatable bonds is 4. The van der Waals surface area contributed by atoms with Crippen LogP contribution in [0.25, 0.3) is 0 Å². The van der Waals surface area contributed by atoms with Gasteiger partial charge in [0, 0.05) is 23.7 Å². The van der Waals surface area contributed by atoms with Crippen LogP contribution in [0, 0.1) is 23.0 Å². The number of alkyl halides is 3. The van der Waals surface area contributed by atoms with Crippen molar-refractivity contribution in [2.45, 2.75) is 57.8 Å². The maximum absolute atomic E-state index is 12.7. The molecule has 1 aliphatic rings. The van der Waals surface area contributed by atoms with Gasteiger partial charge in [-0.25, -0.2) is 0 Å². The van der Waals surface area contributed by atoms with E-state index in [0.717, 1.165) is 5.56 Å². The van der Waals surface area contributed by atoms with Gasteiger partial charge in [0.15, 0.2) is 0 Å². The molecule has 0 radical (unpaired) electrons. The zero-order chi connectivity index (χ0) is 17.2. The Kier molecular flexibility index (Phi) is 5.29. The number of nitrogens with one attached hydrogen (secondary N) is 1. The third kappa shape index (κ3) is 4.43. The molecular weight excluding hydrogens is 309 g/mol. The van der Waals surface area contributed by atoms with E-state index in [4.69, 9.17) is 0 Å². The lowest BCUT2D eigenvalue weighted by Gasteiger charge is -2.32. The third-order valence-electron chi connectivity index (χ3n) is 4.61. The summed E-state index contributed by atoms with van der Waals surface area (Å²) in [6.45, 7) is 3.56. The first kappa shape index (κ1) is 17.7. The number of aryl methyl sites for hydroxylation is 1. The molecule has 0 aliphatic heterocycles. The summed E-state index contributed by atoms with van der Waals surface area (Å²) in [7, 11) is 0. The molecule has 0 aromatic heterocycles. The molecule has 4 nitrogen and oxygen atoms in total. The van der Waals surface area contributed by atoms with Gasteiger partial charge in [-0.15, -0.1) is 0 Å². The van der Waals surface area contributed by atoms with Crippen molar-refractivity contribution in [1.29, 1.82) is 0 Å². The second-order valence-corrected chi connectivity index (χ2v) is 6.28. The molecule has 1 unspecified atom stereocenters. The standard InChI is InChI=1S/C16H21F3N2O2/c1-10-3-4-12(9-15(10)21(22)23)11(2)20-14-7-5-13(6-8-14)16(17,18)19/h3-4,9,11,13-14,20H,5-8H2,1-2H3. The fourth-order valence-corrected chi connectivity index (χ4v) is 3.13. The number of nitrogens with zero attached hydrogens (tertiary/aromatic N) is 1. The minimum atomic E-state index is -4.10. The molecule has 1 atom stereocenters. The van der Waals surface area contributed by atoms with E-state index >= 15 is 0 Å². The molecule has 1 aromatic rings. The second kappa shape index (κ2) is 6.86. The Morgan fingerprint density at radius 3 is 2.39 bits per heavy atom. The summed E-state index contributed by atoms with van der Waals surface area (Å²) >= 11 is 0. The molecule has 1 fully saturated rings. The molecule has 0 saturated heterocycles. The van der Waals surface area contributed by atoms with Crippen LogP contribution in [-0.2, 0) is 0 Å². The van der Waals surface area contributed by atoms with Crippen molar-refractivity contribution in [3.8, 4) is 0 Å². The van der Waals surface area contributed by atoms with Gasteiger partial charge in [0.05, 0.1) is 10.8 Å². The molecule has 1 saturated carbocycles. The minimum absolute atomic E-state index is 0.0176. The smallest absolute Gasteiger partial charge is 0.307 e. The van der Waals surface area contributed by atoms with Crippen molar-refractivity contribution in [3.63, 3.8) is 0 Å². The van der Waals surface area contributed by atoms with E-state index in [1.807, 2.05) is 13.0 Å². The number of hydrogen-bond acceptors (Lipinski definition) is 3. The lowest BCUT2D eigenvalue weighted by molar-refractivity contribution is -0.385. The summed E-state index contributed by atoms with van der Waals surface area (Å²) in [5, 5.41) is 14.3. The Labute approximate surface area is 133 Å². The largest absolute Gasteiger partial charge is 0.391 e. The van der Waals surface area contributed by atoms with Crippen LogP contribution in [0.4, 0.5) is 18.9 Å². The van der Waals surface area contributed by atoms with E-state index in [1.165, 1.54) is 6.07 Å². The van der Waals surface area contributed by atoms with E-state index in [2.05, 4.69) is 5.32 Å². The predicted octanol–water partition coefficient (Wildman–Crippen LogP) is 4.67. The van der Waals surface area contributed by atoms with E-state index in [9.17, 15) is 23.3 Å². The second-order valence-electron chi connectivity index (χ2n) is 6.28. The Bertz CT molecular complexity index is 567. The van der Waals surface area contributed by atoms with Crippen LogP contribution < -0.4 is 5.32 Å². The lowest BCUT2D eigenvalue weighted by Crippen LogP contribution is -2.38. The van der Waals surface area contributed by atoms with Crippen molar-refractivity contribution in [3.05, 3.63) is 39.4 Å². The molecule has 0 bridgehead atoms. The first-order valence-electron chi connectivity index (χ1n) is 7.76. The lowest BCUT2D eigenvalue weighted by atomic mass is 9.85. The maximum atomic E-state index is 12.7. The van der Waals surface area contributed by atoms with Crippen molar-refractivity contribution < 1.29 is 18.1 Å². The van der Waals surface area contributed by atoms with Crippen LogP contribution in [0.15, 0.2) is 18.2 Å². The summed E-state index contributed by atoms with van der Waals surface area (Å²) in [4.78, 5) is 10.6. The quantitative estimate of drug-likeness (QED) is 0.644. The highest BCUT2D eigenvalue weighted by Crippen LogP contribution is 2.38. The van der Waals surface area contributed by atoms with Crippen LogP contribution in [-0.4, -0.2) is 17.1 Å². The molecule has 23 heavy (non-hydrogen) atoms. The van der Waals surface area contributed by atoms with Gasteiger partial charge in [-0.05, 0) is 45.1 Å². The normalized spacial score (nSPS) is 23.5. The molecule has 0 amide bonds. The van der Waals surface area contributed by atoms with Crippen LogP contribution in [0.1, 0.15) is 49.8 Å². The summed E-state index contributed by atoms with van der Waals surface area (Å²) in [6.07, 6.45) is -2.87. The average Bonchev–Trinajstić information content (AvgIpc) is 2.47. The van der Waals surface area contributed by atoms with Gasteiger partial charge in [-0.1, -0.05) is 12.1 Å². The number of nitro groups is 1. The third-order valence-corrected chi connectivity index (χ3v) is 4.61. The highest BCUT2D eigenvalue weighted by atomic mass is 19.4. The van der Waals surface area contributed by atoms with Crippen LogP contribution >= 0.6 is 0 Å². The SMILES string of the molecule is Cc1ccc(C(C)NC2CCC(C(F)(F)F)CC2)cc1[N+](=O)[O-]. The topological polar surface area (TPSA) is 55.2 Å². The van der Waals surface area contributed by atoms with Gasteiger partial charge in [0.2, 0.25) is 0 Å². The van der Waals surface area contributed by atoms with Gasteiger partial charge in [0.25, 0.3) is 5.69 Å². The number of hydrogen-bond donors (Lipinski definition) is 1. The molecule has 2 rings (SSSR count). The predicted molar refractivity (Wildman–Crippen MR) is 81.2 cm³/mol. The minimum Gasteiger partial charge on any atom is -0.307 e. The molecule has 1 aromatic carbocycles. The van der Waals surface area contributed by atoms with Crippen molar-refractivity contribution >= 4 is 5.69 Å². The number of nitro benzene ring substituents is 1. The first-order valence-corrected chi connectivity index (χ1v) is 7.76. The average molecular weight is 330 g/mol. The van der Waals surface area contributed by atoms with Crippen molar-refractivity contribution in [2.24, 2.45) is 5.92 Å². The van der Waals surface area contributed by atoms with E-state index in [0.29, 0.717) is 18.4 Å². The summed E-state index contributed by atoms with van der Waals surface area (Å²) in [6, 6.07) is 4.94. The number of halogens is 3. The molecule has 0 spiro atoms. The zero-order valence-electron chi connectivity index (χ0n) is 13.2. The van der Waals surface area contributed by atoms with Crippen LogP contribution in [0.3, 0.4) is 0 Å². The molecule has 128 valence electrons. The maximum Gasteiger partial charge on any atom is 0.391 e. The van der Waals surface area contributed by atoms with Gasteiger partial charge < -0.3 is 5.32 Å². The van der Waals surface area contributed by atoms with E-state index < -0.39 is 17.0 Å². The Balaban J connectivity index is 1.97. The van der Waals surface area contributed by atoms with Gasteiger partial charge >= 0.3 is 6.18 Å². The van der Waals surface area contributed by atoms with Gasteiger partial charge in [-0.3, -0.25) is 10.1 Å². The zero-order valence-corrected chi connectivity index (χ0v) is 13.2. The van der Waals surface area contributed by atoms with Crippen LogP contribution in [0.2, 0.25) is 0 Å². The fraction of sp³-hybridized carbons (Fsp3) is 0.625. The number of benzene rings is 1. The Morgan fingerprint density at radius 1 is 1.26 bits per heavy atom. The molecule has 0 heterocycles. The van der Waals surface area contributed by atoms with Crippen molar-refractivity contribution in [1.82, 2.24) is 5.32 Å². The fourth-order valence-electron chi connectivity index (χ4n) is 3.13. The molecule has 1 N–H and O–H groups in total. The molecule has 7 heteroatoms. The highest BCUT2D eigenvalue weighted by Gasteiger charge is 2.41. The van der Waals surface area contributed by atoms with Crippen molar-refractivity contribution in [2.75, 3.05) is 0 Å². The Hall–Kier alpha value is -1.63. The van der Waals surface area contributed by atoms with E-state index in [-0.39, 0.29) is 30.6 Å². The highest BCUT2D eigenvalue weighted by molar-refractivity contribution is 5.43. The Morgan fingerprint density at radius 2 is 1.87 bits per heavy atom. The van der Waals surface area contributed by atoms with Gasteiger partial charge in [-0.2, -0.15) is 13.2 Å². The molecular formula is C16H21F3N2O2. The van der Waals surface area contributed by atoms with Crippen LogP contribution in [0.5, 0.6) is 0 Å². The summed E-state index contributed by atoms with van der Waals surface area (Å²) < 4.78 is 38.0. The molecule has 1 aliphatic carbocycles. The van der Waals surface area contributed by atoms with Gasteiger partial charge in [0.1, 0.15) is 0 Å². The van der Waals surface area contributed by atoms with E-state index in [1.54, 1.807) is 13.0 Å². The monoisotopic (exact) mass is 330 g/mol.